The third-order valence-corrected chi connectivity index (χ3v) is 5.67. The monoisotopic (exact) mass is 482 g/mol. The third kappa shape index (κ3) is 3.50. The number of benzene rings is 1. The van der Waals surface area contributed by atoms with Gasteiger partial charge in [-0.1, -0.05) is 17.7 Å². The molecule has 0 spiro atoms. The van der Waals surface area contributed by atoms with Crippen molar-refractivity contribution >= 4 is 34.6 Å². The van der Waals surface area contributed by atoms with E-state index in [0.717, 1.165) is 0 Å². The molecule has 5 aromatic rings. The van der Waals surface area contributed by atoms with Crippen molar-refractivity contribution in [3.8, 4) is 11.1 Å². The molecule has 0 fully saturated rings. The molecule has 172 valence electrons. The van der Waals surface area contributed by atoms with E-state index < -0.39 is 17.4 Å². The standard InChI is InChI=1S/C22H17ClF2N8O/c1-26-17-11-33-18(28-17)8-6-16(31-33)22(24,25)21-30-29-19-7-4-13(10-32(19)21)12-3-5-14(15(23)9-12)20(34)27-2/h3-11,26H,1-2H3,(H,27,34). The van der Waals surface area contributed by atoms with Gasteiger partial charge in [-0.3, -0.25) is 9.20 Å². The normalized spacial score (nSPS) is 11.8. The number of alkyl halides is 2. The molecule has 0 radical (unpaired) electrons. The minimum atomic E-state index is -3.54. The first-order valence-electron chi connectivity index (χ1n) is 10.1. The summed E-state index contributed by atoms with van der Waals surface area (Å²) in [6, 6.07) is 10.8. The fraction of sp³-hybridized carbons (Fsp3) is 0.136. The molecule has 34 heavy (non-hydrogen) atoms. The second-order valence-electron chi connectivity index (χ2n) is 7.42. The van der Waals surface area contributed by atoms with E-state index in [2.05, 4.69) is 30.9 Å². The van der Waals surface area contributed by atoms with Gasteiger partial charge in [0.05, 0.1) is 16.8 Å². The fourth-order valence-electron chi connectivity index (χ4n) is 3.57. The zero-order chi connectivity index (χ0) is 24.0. The van der Waals surface area contributed by atoms with E-state index >= 15 is 8.78 Å². The van der Waals surface area contributed by atoms with Gasteiger partial charge in [0.1, 0.15) is 11.5 Å². The number of carbonyl (C=O) groups is 1. The maximum atomic E-state index is 15.5. The molecule has 9 nitrogen and oxygen atoms in total. The van der Waals surface area contributed by atoms with Crippen molar-refractivity contribution in [2.75, 3.05) is 19.4 Å². The Morgan fingerprint density at radius 1 is 1.00 bits per heavy atom. The molecule has 4 heterocycles. The van der Waals surface area contributed by atoms with Gasteiger partial charge in [0.25, 0.3) is 5.91 Å². The number of nitrogens with one attached hydrogen (secondary N) is 2. The molecule has 0 aliphatic heterocycles. The summed E-state index contributed by atoms with van der Waals surface area (Å²) in [6.07, 6.45) is 3.01. The summed E-state index contributed by atoms with van der Waals surface area (Å²) in [5.74, 6) is -3.95. The first kappa shape index (κ1) is 21.7. The van der Waals surface area contributed by atoms with E-state index in [1.807, 2.05) is 0 Å². The van der Waals surface area contributed by atoms with Crippen molar-refractivity contribution < 1.29 is 13.6 Å². The number of imidazole rings is 1. The zero-order valence-electron chi connectivity index (χ0n) is 17.9. The summed E-state index contributed by atoms with van der Waals surface area (Å²) in [4.78, 5) is 16.1. The first-order chi connectivity index (χ1) is 16.3. The van der Waals surface area contributed by atoms with Crippen LogP contribution in [0, 0.1) is 0 Å². The number of carbonyl (C=O) groups excluding carboxylic acids is 1. The van der Waals surface area contributed by atoms with Crippen molar-refractivity contribution in [3.05, 3.63) is 77.0 Å². The predicted octanol–water partition coefficient (Wildman–Crippen LogP) is 3.63. The molecule has 0 aliphatic carbocycles. The Hall–Kier alpha value is -4.12. The van der Waals surface area contributed by atoms with Crippen LogP contribution in [0.5, 0.6) is 0 Å². The van der Waals surface area contributed by atoms with Crippen molar-refractivity contribution in [3.63, 3.8) is 0 Å². The van der Waals surface area contributed by atoms with Crippen LogP contribution < -0.4 is 10.6 Å². The number of amides is 1. The van der Waals surface area contributed by atoms with Gasteiger partial charge in [-0.25, -0.2) is 9.50 Å². The molecule has 5 rings (SSSR count). The summed E-state index contributed by atoms with van der Waals surface area (Å²) in [5, 5.41) is 17.3. The molecule has 0 unspecified atom stereocenters. The fourth-order valence-corrected chi connectivity index (χ4v) is 3.84. The van der Waals surface area contributed by atoms with Gasteiger partial charge in [0.15, 0.2) is 11.3 Å². The number of hydrogen-bond donors (Lipinski definition) is 2. The number of rotatable bonds is 5. The van der Waals surface area contributed by atoms with Gasteiger partial charge in [-0.15, -0.1) is 10.2 Å². The lowest BCUT2D eigenvalue weighted by Gasteiger charge is -2.14. The highest BCUT2D eigenvalue weighted by atomic mass is 35.5. The number of pyridine rings is 1. The van der Waals surface area contributed by atoms with Gasteiger partial charge in [0.2, 0.25) is 5.82 Å². The molecule has 1 aromatic carbocycles. The van der Waals surface area contributed by atoms with Crippen molar-refractivity contribution in [1.29, 1.82) is 0 Å². The predicted molar refractivity (Wildman–Crippen MR) is 122 cm³/mol. The molecule has 0 bridgehead atoms. The highest BCUT2D eigenvalue weighted by Gasteiger charge is 2.41. The van der Waals surface area contributed by atoms with Crippen molar-refractivity contribution in [2.24, 2.45) is 0 Å². The number of fused-ring (bicyclic) bond motifs is 2. The lowest BCUT2D eigenvalue weighted by atomic mass is 10.0. The summed E-state index contributed by atoms with van der Waals surface area (Å²) in [7, 11) is 3.18. The molecular weight excluding hydrogens is 466 g/mol. The number of nitrogens with zero attached hydrogens (tertiary/aromatic N) is 6. The van der Waals surface area contributed by atoms with Crippen molar-refractivity contribution in [2.45, 2.75) is 5.92 Å². The molecule has 1 amide bonds. The van der Waals surface area contributed by atoms with Gasteiger partial charge >= 0.3 is 5.92 Å². The molecule has 0 aliphatic rings. The average molecular weight is 483 g/mol. The molecule has 12 heteroatoms. The first-order valence-corrected chi connectivity index (χ1v) is 10.5. The van der Waals surface area contributed by atoms with Gasteiger partial charge in [-0.2, -0.15) is 13.9 Å². The van der Waals surface area contributed by atoms with Crippen LogP contribution in [-0.4, -0.2) is 49.2 Å². The van der Waals surface area contributed by atoms with Gasteiger partial charge in [-0.05, 0) is 47.5 Å². The summed E-state index contributed by atoms with van der Waals surface area (Å²) in [6.45, 7) is 0. The van der Waals surface area contributed by atoms with Crippen LogP contribution in [0.25, 0.3) is 22.4 Å². The SMILES string of the molecule is CNC(=O)c1ccc(-c2ccc3nnc(C(F)(F)c4ccc5nc(NC)cn5n4)n3c2)cc1Cl. The van der Waals surface area contributed by atoms with Crippen LogP contribution in [-0.2, 0) is 5.92 Å². The minimum Gasteiger partial charge on any atom is -0.372 e. The smallest absolute Gasteiger partial charge is 0.350 e. The molecule has 2 N–H and O–H groups in total. The number of anilines is 1. The molecule has 0 saturated carbocycles. The second kappa shape index (κ2) is 8.03. The summed E-state index contributed by atoms with van der Waals surface area (Å²) >= 11 is 6.26. The van der Waals surface area contributed by atoms with E-state index in [0.29, 0.717) is 28.2 Å². The molecule has 4 aromatic heterocycles. The third-order valence-electron chi connectivity index (χ3n) is 5.36. The minimum absolute atomic E-state index is 0.241. The van der Waals surface area contributed by atoms with Crippen LogP contribution in [0.2, 0.25) is 5.02 Å². The topological polar surface area (TPSA) is 102 Å². The van der Waals surface area contributed by atoms with Crippen LogP contribution in [0.15, 0.2) is 54.9 Å². The van der Waals surface area contributed by atoms with Crippen LogP contribution in [0.4, 0.5) is 14.6 Å². The Labute approximate surface area is 196 Å². The Kier molecular flexibility index (Phi) is 5.13. The van der Waals surface area contributed by atoms with E-state index in [-0.39, 0.29) is 16.6 Å². The lowest BCUT2D eigenvalue weighted by molar-refractivity contribution is 0.0258. The second-order valence-corrected chi connectivity index (χ2v) is 7.82. The number of halogens is 3. The quantitative estimate of drug-likeness (QED) is 0.396. The Morgan fingerprint density at radius 3 is 2.50 bits per heavy atom. The maximum absolute atomic E-state index is 15.5. The Balaban J connectivity index is 1.58. The summed E-state index contributed by atoms with van der Waals surface area (Å²) < 4.78 is 33.6. The molecular formula is C22H17ClF2N8O. The van der Waals surface area contributed by atoms with Crippen LogP contribution in [0.3, 0.4) is 0 Å². The van der Waals surface area contributed by atoms with Gasteiger partial charge in [0, 0.05) is 20.3 Å². The maximum Gasteiger partial charge on any atom is 0.350 e. The largest absolute Gasteiger partial charge is 0.372 e. The van der Waals surface area contributed by atoms with E-state index in [1.54, 1.807) is 37.4 Å². The molecule has 0 saturated heterocycles. The van der Waals surface area contributed by atoms with Crippen LogP contribution in [0.1, 0.15) is 21.9 Å². The Bertz CT molecular complexity index is 1560. The van der Waals surface area contributed by atoms with Crippen LogP contribution >= 0.6 is 11.6 Å². The highest BCUT2D eigenvalue weighted by Crippen LogP contribution is 2.34. The molecule has 0 atom stereocenters. The Morgan fingerprint density at radius 2 is 1.76 bits per heavy atom. The highest BCUT2D eigenvalue weighted by molar-refractivity contribution is 6.34. The van der Waals surface area contributed by atoms with Gasteiger partial charge < -0.3 is 10.6 Å². The van der Waals surface area contributed by atoms with Crippen molar-refractivity contribution in [1.82, 2.24) is 34.5 Å². The summed E-state index contributed by atoms with van der Waals surface area (Å²) in [5.41, 5.74) is 1.71. The van der Waals surface area contributed by atoms with E-state index in [1.165, 1.54) is 40.5 Å². The number of hydrogen-bond acceptors (Lipinski definition) is 6. The zero-order valence-corrected chi connectivity index (χ0v) is 18.7. The number of aromatic nitrogens is 6. The average Bonchev–Trinajstić information content (AvgIpc) is 3.46. The van der Waals surface area contributed by atoms with E-state index in [4.69, 9.17) is 11.6 Å². The van der Waals surface area contributed by atoms with E-state index in [9.17, 15) is 4.79 Å². The lowest BCUT2D eigenvalue weighted by Crippen LogP contribution is -2.22.